The summed E-state index contributed by atoms with van der Waals surface area (Å²) >= 11 is 0. The van der Waals surface area contributed by atoms with Crippen LogP contribution in [0.25, 0.3) is 15.8 Å². The maximum absolute atomic E-state index is 13.3. The van der Waals surface area contributed by atoms with Crippen molar-refractivity contribution >= 4 is 34.3 Å². The van der Waals surface area contributed by atoms with E-state index in [1.54, 1.807) is 11.0 Å². The number of aryl methyl sites for hydroxylation is 1. The van der Waals surface area contributed by atoms with Crippen LogP contribution in [0.5, 0.6) is 0 Å². The van der Waals surface area contributed by atoms with Crippen molar-refractivity contribution in [2.75, 3.05) is 31.5 Å². The Hall–Kier alpha value is -3.85. The predicted molar refractivity (Wildman–Crippen MR) is 133 cm³/mol. The first-order chi connectivity index (χ1) is 17.0. The molecule has 2 aromatic rings. The van der Waals surface area contributed by atoms with Gasteiger partial charge in [0.05, 0.1) is 6.54 Å². The number of hydrogen-bond acceptors (Lipinski definition) is 5. The van der Waals surface area contributed by atoms with Gasteiger partial charge in [-0.15, -0.1) is 0 Å². The molecule has 0 bridgehead atoms. The Morgan fingerprint density at radius 3 is 2.77 bits per heavy atom. The number of likely N-dealkylation sites (tertiary alicyclic amines) is 2. The van der Waals surface area contributed by atoms with Crippen LogP contribution in [0.4, 0.5) is 5.69 Å². The van der Waals surface area contributed by atoms with Crippen molar-refractivity contribution in [2.24, 2.45) is 4.99 Å². The summed E-state index contributed by atoms with van der Waals surface area (Å²) in [5.41, 5.74) is 1.41. The van der Waals surface area contributed by atoms with Crippen LogP contribution < -0.4 is 5.32 Å². The van der Waals surface area contributed by atoms with Crippen molar-refractivity contribution in [3.63, 3.8) is 0 Å². The molecule has 35 heavy (non-hydrogen) atoms. The van der Waals surface area contributed by atoms with Gasteiger partial charge in [0.15, 0.2) is 6.07 Å². The molecule has 0 aliphatic carbocycles. The Morgan fingerprint density at radius 1 is 1.29 bits per heavy atom. The second kappa shape index (κ2) is 11.1. The molecular weight excluding hydrogens is 444 g/mol. The highest BCUT2D eigenvalue weighted by Crippen LogP contribution is 2.24. The minimum absolute atomic E-state index is 0.0326. The molecule has 2 aliphatic rings. The Morgan fingerprint density at radius 2 is 2.06 bits per heavy atom. The Kier molecular flexibility index (Phi) is 7.67. The van der Waals surface area contributed by atoms with Crippen LogP contribution in [0.1, 0.15) is 44.8 Å². The first-order valence-corrected chi connectivity index (χ1v) is 12.2. The largest absolute Gasteiger partial charge is 0.461 e. The number of amidine groups is 1. The van der Waals surface area contributed by atoms with E-state index in [0.29, 0.717) is 18.7 Å². The first kappa shape index (κ1) is 24.3. The van der Waals surface area contributed by atoms with E-state index < -0.39 is 12.1 Å². The SMILES string of the molecule is [C-]#[N+]C(C#N)C(=NC1CCCCN(CC(=O)N2CCCC2)C1=O)Nc1ccc2oc(CC)cc2c1. The van der Waals surface area contributed by atoms with Gasteiger partial charge in [0.2, 0.25) is 17.6 Å². The fourth-order valence-corrected chi connectivity index (χ4v) is 4.58. The zero-order chi connectivity index (χ0) is 24.8. The van der Waals surface area contributed by atoms with Crippen LogP contribution >= 0.6 is 0 Å². The van der Waals surface area contributed by atoms with E-state index in [9.17, 15) is 14.9 Å². The Balaban J connectivity index is 1.57. The normalized spacial score (nSPS) is 19.8. The Bertz CT molecular complexity index is 1180. The molecule has 9 nitrogen and oxygen atoms in total. The maximum atomic E-state index is 13.3. The van der Waals surface area contributed by atoms with Gasteiger partial charge in [0, 0.05) is 37.1 Å². The van der Waals surface area contributed by atoms with Crippen LogP contribution in [0.3, 0.4) is 0 Å². The zero-order valence-corrected chi connectivity index (χ0v) is 20.0. The average Bonchev–Trinajstić information content (AvgIpc) is 3.51. The molecule has 0 radical (unpaired) electrons. The van der Waals surface area contributed by atoms with E-state index in [4.69, 9.17) is 11.0 Å². The van der Waals surface area contributed by atoms with Crippen molar-refractivity contribution < 1.29 is 14.0 Å². The summed E-state index contributed by atoms with van der Waals surface area (Å²) in [6.07, 6.45) is 4.84. The lowest BCUT2D eigenvalue weighted by Gasteiger charge is -2.25. The summed E-state index contributed by atoms with van der Waals surface area (Å²) in [7, 11) is 0. The number of carbonyl (C=O) groups is 2. The highest BCUT2D eigenvalue weighted by molar-refractivity contribution is 6.04. The molecule has 0 saturated carbocycles. The molecule has 2 amide bonds. The minimum atomic E-state index is -1.17. The van der Waals surface area contributed by atoms with Gasteiger partial charge in [-0.05, 0) is 56.4 Å². The molecular formula is C26H30N6O3. The van der Waals surface area contributed by atoms with Crippen LogP contribution in [-0.2, 0) is 16.0 Å². The lowest BCUT2D eigenvalue weighted by Crippen LogP contribution is -2.45. The van der Waals surface area contributed by atoms with Crippen molar-refractivity contribution in [3.8, 4) is 6.07 Å². The summed E-state index contributed by atoms with van der Waals surface area (Å²) in [6, 6.07) is 7.52. The quantitative estimate of drug-likeness (QED) is 0.391. The lowest BCUT2D eigenvalue weighted by atomic mass is 10.1. The van der Waals surface area contributed by atoms with Crippen LogP contribution in [-0.4, -0.2) is 65.7 Å². The second-order valence-electron chi connectivity index (χ2n) is 8.98. The number of aliphatic imine (C=N–C) groups is 1. The number of amides is 2. The van der Waals surface area contributed by atoms with E-state index in [1.165, 1.54) is 0 Å². The summed E-state index contributed by atoms with van der Waals surface area (Å²) in [5.74, 6) is 0.755. The number of carbonyl (C=O) groups excluding carboxylic acids is 2. The van der Waals surface area contributed by atoms with E-state index in [1.807, 2.05) is 36.1 Å². The smallest absolute Gasteiger partial charge is 0.363 e. The van der Waals surface area contributed by atoms with E-state index in [2.05, 4.69) is 15.2 Å². The summed E-state index contributed by atoms with van der Waals surface area (Å²) in [5, 5.41) is 13.6. The monoisotopic (exact) mass is 474 g/mol. The second-order valence-corrected chi connectivity index (χ2v) is 8.98. The molecule has 1 N–H and O–H groups in total. The molecule has 2 saturated heterocycles. The number of nitrogens with zero attached hydrogens (tertiary/aromatic N) is 5. The number of benzene rings is 1. The third kappa shape index (κ3) is 5.63. The summed E-state index contributed by atoms with van der Waals surface area (Å²) < 4.78 is 5.76. The molecule has 2 fully saturated rings. The van der Waals surface area contributed by atoms with Gasteiger partial charge in [-0.3, -0.25) is 19.4 Å². The molecule has 1 aromatic carbocycles. The number of rotatable bonds is 6. The standard InChI is InChI=1S/C26H30N6O3/c1-3-20-15-18-14-19(9-10-23(18)35-20)29-25(22(16-27)28-2)30-21-8-4-5-13-32(26(21)34)17-24(33)31-11-6-7-12-31/h9-10,14-15,21-22H,3-8,11-13,17H2,1H3,(H,29,30). The summed E-state index contributed by atoms with van der Waals surface area (Å²) in [6.45, 7) is 11.5. The number of nitrogens with one attached hydrogen (secondary N) is 1. The first-order valence-electron chi connectivity index (χ1n) is 12.2. The van der Waals surface area contributed by atoms with Gasteiger partial charge in [0.25, 0.3) is 0 Å². The molecule has 182 valence electrons. The Labute approximate surface area is 205 Å². The molecule has 3 heterocycles. The molecule has 2 unspecified atom stereocenters. The zero-order valence-electron chi connectivity index (χ0n) is 20.0. The average molecular weight is 475 g/mol. The molecule has 2 aliphatic heterocycles. The van der Waals surface area contributed by atoms with E-state index in [0.717, 1.165) is 61.9 Å². The van der Waals surface area contributed by atoms with Crippen molar-refractivity contribution in [3.05, 3.63) is 41.4 Å². The molecule has 4 rings (SSSR count). The van der Waals surface area contributed by atoms with Gasteiger partial charge in [-0.25, -0.2) is 6.57 Å². The van der Waals surface area contributed by atoms with E-state index >= 15 is 0 Å². The van der Waals surface area contributed by atoms with Gasteiger partial charge < -0.3 is 19.5 Å². The lowest BCUT2D eigenvalue weighted by molar-refractivity contribution is -0.140. The minimum Gasteiger partial charge on any atom is -0.461 e. The number of furan rings is 1. The van der Waals surface area contributed by atoms with Crippen LogP contribution in [0.2, 0.25) is 0 Å². The number of fused-ring (bicyclic) bond motifs is 1. The predicted octanol–water partition coefficient (Wildman–Crippen LogP) is 3.62. The number of hydrogen-bond donors (Lipinski definition) is 1. The third-order valence-electron chi connectivity index (χ3n) is 6.53. The molecule has 2 atom stereocenters. The summed E-state index contributed by atoms with van der Waals surface area (Å²) in [4.78, 5) is 37.4. The highest BCUT2D eigenvalue weighted by atomic mass is 16.3. The fourth-order valence-electron chi connectivity index (χ4n) is 4.58. The molecule has 9 heteroatoms. The van der Waals surface area contributed by atoms with Crippen LogP contribution in [0, 0.1) is 17.9 Å². The van der Waals surface area contributed by atoms with Crippen LogP contribution in [0.15, 0.2) is 33.7 Å². The fraction of sp³-hybridized carbons (Fsp3) is 0.500. The number of anilines is 1. The van der Waals surface area contributed by atoms with Crippen molar-refractivity contribution in [1.82, 2.24) is 9.80 Å². The highest BCUT2D eigenvalue weighted by Gasteiger charge is 2.32. The van der Waals surface area contributed by atoms with Gasteiger partial charge in [-0.2, -0.15) is 5.26 Å². The molecule has 1 aromatic heterocycles. The topological polar surface area (TPSA) is 106 Å². The van der Waals surface area contributed by atoms with Gasteiger partial charge in [0.1, 0.15) is 17.4 Å². The van der Waals surface area contributed by atoms with Crippen molar-refractivity contribution in [1.29, 1.82) is 5.26 Å². The third-order valence-corrected chi connectivity index (χ3v) is 6.53. The van der Waals surface area contributed by atoms with Gasteiger partial charge >= 0.3 is 6.04 Å². The van der Waals surface area contributed by atoms with E-state index in [-0.39, 0.29) is 24.2 Å². The molecule has 0 spiro atoms. The number of nitriles is 1. The maximum Gasteiger partial charge on any atom is 0.363 e. The van der Waals surface area contributed by atoms with Gasteiger partial charge in [-0.1, -0.05) is 6.92 Å². The van der Waals surface area contributed by atoms with Crippen molar-refractivity contribution in [2.45, 2.75) is 57.5 Å².